The van der Waals surface area contributed by atoms with Crippen molar-refractivity contribution in [1.29, 1.82) is 0 Å². The molecule has 0 radical (unpaired) electrons. The summed E-state index contributed by atoms with van der Waals surface area (Å²) < 4.78 is 5.31. The molecule has 0 aliphatic carbocycles. The van der Waals surface area contributed by atoms with Crippen molar-refractivity contribution in [1.82, 2.24) is 5.32 Å². The van der Waals surface area contributed by atoms with Gasteiger partial charge < -0.3 is 15.4 Å². The largest absolute Gasteiger partial charge is 0.495 e. The topological polar surface area (TPSA) is 50.4 Å². The number of carbonyl (C=O) groups excluding carboxylic acids is 1. The van der Waals surface area contributed by atoms with Crippen molar-refractivity contribution in [3.63, 3.8) is 0 Å². The zero-order valence-electron chi connectivity index (χ0n) is 14.3. The predicted octanol–water partition coefficient (Wildman–Crippen LogP) is 4.08. The molecule has 0 heterocycles. The first kappa shape index (κ1) is 18.1. The lowest BCUT2D eigenvalue weighted by Gasteiger charge is -2.13. The first-order valence-electron chi connectivity index (χ1n) is 7.90. The van der Waals surface area contributed by atoms with E-state index in [4.69, 9.17) is 16.3 Å². The van der Waals surface area contributed by atoms with Crippen molar-refractivity contribution in [2.75, 3.05) is 19.0 Å². The van der Waals surface area contributed by atoms with Crippen LogP contribution < -0.4 is 15.4 Å². The highest BCUT2D eigenvalue weighted by molar-refractivity contribution is 6.31. The van der Waals surface area contributed by atoms with Gasteiger partial charge in [-0.1, -0.05) is 35.9 Å². The quantitative estimate of drug-likeness (QED) is 0.794. The van der Waals surface area contributed by atoms with Crippen molar-refractivity contribution in [3.8, 4) is 5.75 Å². The van der Waals surface area contributed by atoms with Gasteiger partial charge in [0.1, 0.15) is 5.75 Å². The molecule has 0 atom stereocenters. The molecule has 0 bridgehead atoms. The van der Waals surface area contributed by atoms with Crippen LogP contribution in [0.25, 0.3) is 0 Å². The molecule has 4 nitrogen and oxygen atoms in total. The molecule has 0 aliphatic heterocycles. The van der Waals surface area contributed by atoms with E-state index in [1.165, 1.54) is 5.56 Å². The van der Waals surface area contributed by atoms with E-state index in [-0.39, 0.29) is 5.91 Å². The maximum atomic E-state index is 12.0. The Labute approximate surface area is 148 Å². The van der Waals surface area contributed by atoms with Crippen molar-refractivity contribution in [3.05, 3.63) is 58.1 Å². The Hall–Kier alpha value is -2.20. The van der Waals surface area contributed by atoms with Gasteiger partial charge in [0.05, 0.1) is 12.8 Å². The number of hydrogen-bond acceptors (Lipinski definition) is 3. The average Bonchev–Trinajstić information content (AvgIpc) is 2.57. The van der Waals surface area contributed by atoms with E-state index < -0.39 is 0 Å². The molecule has 24 heavy (non-hydrogen) atoms. The van der Waals surface area contributed by atoms with Crippen LogP contribution in [-0.4, -0.2) is 19.6 Å². The number of aryl methyl sites for hydroxylation is 2. The molecule has 2 rings (SSSR count). The summed E-state index contributed by atoms with van der Waals surface area (Å²) in [6, 6.07) is 11.7. The summed E-state index contributed by atoms with van der Waals surface area (Å²) in [6.07, 6.45) is 0.386. The number of ether oxygens (including phenoxy) is 1. The zero-order valence-corrected chi connectivity index (χ0v) is 15.0. The Morgan fingerprint density at radius 3 is 2.62 bits per heavy atom. The maximum Gasteiger partial charge on any atom is 0.222 e. The molecule has 0 unspecified atom stereocenters. The number of benzene rings is 2. The number of nitrogens with one attached hydrogen (secondary N) is 2. The van der Waals surface area contributed by atoms with E-state index in [0.717, 1.165) is 16.8 Å². The Morgan fingerprint density at radius 2 is 1.92 bits per heavy atom. The normalized spacial score (nSPS) is 10.3. The Balaban J connectivity index is 1.83. The Bertz CT molecular complexity index is 717. The number of anilines is 1. The summed E-state index contributed by atoms with van der Waals surface area (Å²) in [6.45, 7) is 5.05. The monoisotopic (exact) mass is 346 g/mol. The van der Waals surface area contributed by atoms with Crippen LogP contribution in [0.2, 0.25) is 5.02 Å². The minimum atomic E-state index is 0.00963. The van der Waals surface area contributed by atoms with Gasteiger partial charge in [-0.2, -0.15) is 0 Å². The minimum absolute atomic E-state index is 0.00963. The number of hydrogen-bond donors (Lipinski definition) is 2. The second-order valence-corrected chi connectivity index (χ2v) is 6.09. The molecule has 2 N–H and O–H groups in total. The third kappa shape index (κ3) is 4.90. The zero-order chi connectivity index (χ0) is 17.5. The van der Waals surface area contributed by atoms with Crippen LogP contribution in [0.5, 0.6) is 5.75 Å². The van der Waals surface area contributed by atoms with Crippen LogP contribution in [0.4, 0.5) is 5.69 Å². The minimum Gasteiger partial charge on any atom is -0.495 e. The second kappa shape index (κ2) is 8.60. The SMILES string of the molecule is COc1cc(Cl)c(C)cc1NCCC(=O)NCc1ccccc1C. The van der Waals surface area contributed by atoms with Crippen LogP contribution in [0.15, 0.2) is 36.4 Å². The van der Waals surface area contributed by atoms with Gasteiger partial charge in [-0.05, 0) is 36.6 Å². The molecule has 1 amide bonds. The van der Waals surface area contributed by atoms with Crippen LogP contribution >= 0.6 is 11.6 Å². The molecule has 0 aromatic heterocycles. The smallest absolute Gasteiger partial charge is 0.222 e. The first-order chi connectivity index (χ1) is 11.5. The molecule has 2 aromatic rings. The predicted molar refractivity (Wildman–Crippen MR) is 98.9 cm³/mol. The lowest BCUT2D eigenvalue weighted by molar-refractivity contribution is -0.121. The van der Waals surface area contributed by atoms with Crippen LogP contribution in [0, 0.1) is 13.8 Å². The van der Waals surface area contributed by atoms with Crippen LogP contribution in [-0.2, 0) is 11.3 Å². The van der Waals surface area contributed by atoms with Gasteiger partial charge >= 0.3 is 0 Å². The number of halogens is 1. The number of rotatable bonds is 7. The van der Waals surface area contributed by atoms with Gasteiger partial charge in [-0.3, -0.25) is 4.79 Å². The van der Waals surface area contributed by atoms with E-state index in [2.05, 4.69) is 10.6 Å². The molecule has 0 saturated heterocycles. The third-order valence-electron chi connectivity index (χ3n) is 3.89. The molecule has 0 spiro atoms. The maximum absolute atomic E-state index is 12.0. The van der Waals surface area contributed by atoms with E-state index in [1.54, 1.807) is 13.2 Å². The molecule has 2 aromatic carbocycles. The Kier molecular flexibility index (Phi) is 6.50. The summed E-state index contributed by atoms with van der Waals surface area (Å²) >= 11 is 6.09. The lowest BCUT2D eigenvalue weighted by atomic mass is 10.1. The first-order valence-corrected chi connectivity index (χ1v) is 8.28. The van der Waals surface area contributed by atoms with Gasteiger partial charge in [0.25, 0.3) is 0 Å². The summed E-state index contributed by atoms with van der Waals surface area (Å²) in [4.78, 5) is 12.0. The Morgan fingerprint density at radius 1 is 1.17 bits per heavy atom. The van der Waals surface area contributed by atoms with E-state index >= 15 is 0 Å². The van der Waals surface area contributed by atoms with E-state index in [1.807, 2.05) is 44.2 Å². The molecule has 0 aliphatic rings. The molecular weight excluding hydrogens is 324 g/mol. The van der Waals surface area contributed by atoms with Crippen LogP contribution in [0.1, 0.15) is 23.1 Å². The van der Waals surface area contributed by atoms with Crippen LogP contribution in [0.3, 0.4) is 0 Å². The molecule has 0 fully saturated rings. The number of amides is 1. The standard InChI is InChI=1S/C19H23ClN2O2/c1-13-6-4-5-7-15(13)12-22-19(23)8-9-21-17-10-14(2)16(20)11-18(17)24-3/h4-7,10-11,21H,8-9,12H2,1-3H3,(H,22,23). The molecule has 128 valence electrons. The number of methoxy groups -OCH3 is 1. The van der Waals surface area contributed by atoms with Crippen molar-refractivity contribution >= 4 is 23.2 Å². The van der Waals surface area contributed by atoms with E-state index in [0.29, 0.717) is 30.3 Å². The fourth-order valence-corrected chi connectivity index (χ4v) is 2.53. The number of carbonyl (C=O) groups is 1. The van der Waals surface area contributed by atoms with Gasteiger partial charge in [-0.15, -0.1) is 0 Å². The van der Waals surface area contributed by atoms with Gasteiger partial charge in [0.2, 0.25) is 5.91 Å². The van der Waals surface area contributed by atoms with Gasteiger partial charge in [0, 0.05) is 30.6 Å². The van der Waals surface area contributed by atoms with Crippen molar-refractivity contribution in [2.45, 2.75) is 26.8 Å². The average molecular weight is 347 g/mol. The molecular formula is C19H23ClN2O2. The fraction of sp³-hybridized carbons (Fsp3) is 0.316. The highest BCUT2D eigenvalue weighted by Crippen LogP contribution is 2.30. The molecule has 5 heteroatoms. The lowest BCUT2D eigenvalue weighted by Crippen LogP contribution is -2.25. The second-order valence-electron chi connectivity index (χ2n) is 5.68. The van der Waals surface area contributed by atoms with Crippen molar-refractivity contribution < 1.29 is 9.53 Å². The summed E-state index contributed by atoms with van der Waals surface area (Å²) in [5, 5.41) is 6.83. The summed E-state index contributed by atoms with van der Waals surface area (Å²) in [5.74, 6) is 0.682. The summed E-state index contributed by atoms with van der Waals surface area (Å²) in [5.41, 5.74) is 4.11. The highest BCUT2D eigenvalue weighted by atomic mass is 35.5. The highest BCUT2D eigenvalue weighted by Gasteiger charge is 2.08. The third-order valence-corrected chi connectivity index (χ3v) is 4.29. The fourth-order valence-electron chi connectivity index (χ4n) is 2.37. The van der Waals surface area contributed by atoms with Gasteiger partial charge in [-0.25, -0.2) is 0 Å². The molecule has 0 saturated carbocycles. The van der Waals surface area contributed by atoms with Gasteiger partial charge in [0.15, 0.2) is 0 Å². The van der Waals surface area contributed by atoms with E-state index in [9.17, 15) is 4.79 Å². The summed E-state index contributed by atoms with van der Waals surface area (Å²) in [7, 11) is 1.60. The van der Waals surface area contributed by atoms with Crippen molar-refractivity contribution in [2.24, 2.45) is 0 Å².